The van der Waals surface area contributed by atoms with Gasteiger partial charge in [0.05, 0.1) is 0 Å². The molecule has 0 saturated carbocycles. The first-order valence-electron chi connectivity index (χ1n) is 3.85. The minimum absolute atomic E-state index is 0. The second kappa shape index (κ2) is 8.90. The molecule has 11 nitrogen and oxygen atoms in total. The zero-order chi connectivity index (χ0) is 12.1. The molecule has 0 aromatic heterocycles. The van der Waals surface area contributed by atoms with Gasteiger partial charge in [-0.1, -0.05) is 5.11 Å². The molecule has 0 aliphatic carbocycles. The molecule has 0 aliphatic rings. The Morgan fingerprint density at radius 3 is 2.29 bits per heavy atom. The van der Waals surface area contributed by atoms with E-state index in [1.807, 2.05) is 0 Å². The third-order valence-corrected chi connectivity index (χ3v) is 2.67. The van der Waals surface area contributed by atoms with E-state index in [0.29, 0.717) is 0 Å². The molecule has 0 aliphatic heterocycles. The minimum atomic E-state index is -4.55. The molecule has 0 spiro atoms. The van der Waals surface area contributed by atoms with Gasteiger partial charge >= 0.3 is 7.60 Å². The van der Waals surface area contributed by atoms with Crippen LogP contribution in [-0.4, -0.2) is 38.3 Å². The van der Waals surface area contributed by atoms with Crippen molar-refractivity contribution in [1.82, 2.24) is 17.4 Å². The van der Waals surface area contributed by atoms with Crippen LogP contribution in [0.4, 0.5) is 0 Å². The summed E-state index contributed by atoms with van der Waals surface area (Å²) in [7, 11) is -4.55. The number of hydrogen-bond donors (Lipinski definition) is 5. The van der Waals surface area contributed by atoms with Crippen molar-refractivity contribution in [2.75, 3.05) is 6.54 Å². The lowest BCUT2D eigenvalue weighted by molar-refractivity contribution is -0.162. The number of hydrogen-bond acceptors (Lipinski definition) is 6. The number of rotatable bonds is 5. The van der Waals surface area contributed by atoms with Crippen LogP contribution in [0.1, 0.15) is 13.3 Å². The molecule has 0 heterocycles. The maximum absolute atomic E-state index is 10.7. The van der Waals surface area contributed by atoms with E-state index >= 15 is 0 Å². The quantitative estimate of drug-likeness (QED) is 0.120. The number of carbonyl (C=O) groups excluding carboxylic acids is 1. The Balaban J connectivity index is -0.000000980. The molecule has 1 atom stereocenters. The van der Waals surface area contributed by atoms with Gasteiger partial charge < -0.3 is 22.1 Å². The summed E-state index contributed by atoms with van der Waals surface area (Å²) in [5, 5.41) is 12.1. The fourth-order valence-corrected chi connectivity index (χ4v) is 1.38. The van der Waals surface area contributed by atoms with Crippen molar-refractivity contribution in [3.8, 4) is 0 Å². The minimum Gasteiger partial charge on any atom is -0.344 e. The second-order valence-electron chi connectivity index (χ2n) is 2.71. The molecule has 17 heavy (non-hydrogen) atoms. The van der Waals surface area contributed by atoms with Gasteiger partial charge in [0.25, 0.3) is 0 Å². The van der Waals surface area contributed by atoms with Crippen LogP contribution in [0, 0.1) is 0 Å². The highest BCUT2D eigenvalue weighted by atomic mass is 31.2. The Hall–Kier alpha value is -1.19. The molecule has 0 saturated heterocycles. The van der Waals surface area contributed by atoms with Gasteiger partial charge in [0, 0.05) is 18.4 Å². The predicted octanol–water partition coefficient (Wildman–Crippen LogP) is 0.752. The molecule has 0 rings (SSSR count). The topological polar surface area (TPSA) is 217 Å². The van der Waals surface area contributed by atoms with E-state index in [1.54, 1.807) is 0 Å². The number of amides is 1. The monoisotopic (exact) mass is 272 g/mol. The van der Waals surface area contributed by atoms with E-state index in [0.717, 1.165) is 6.92 Å². The number of nitrogens with zero attached hydrogens (tertiary/aromatic N) is 4. The summed E-state index contributed by atoms with van der Waals surface area (Å²) in [6, 6.07) is 0. The van der Waals surface area contributed by atoms with Crippen molar-refractivity contribution < 1.29 is 24.4 Å². The van der Waals surface area contributed by atoms with E-state index in [9.17, 15) is 9.36 Å². The Kier molecular flexibility index (Phi) is 11.1. The lowest BCUT2D eigenvalue weighted by Gasteiger charge is -2.16. The Morgan fingerprint density at radius 2 is 2.00 bits per heavy atom. The zero-order valence-electron chi connectivity index (χ0n) is 9.30. The lowest BCUT2D eigenvalue weighted by Crippen LogP contribution is -2.27. The standard InChI is InChI=1S/C5H11N4O5P.2H3N/c1-4(10)9(11)3-2-5(7-8-6)15(12,13)14;;/h5,11H,2-3H2,1H3,(H2,12,13,14);2*1H3. The summed E-state index contributed by atoms with van der Waals surface area (Å²) < 4.78 is 10.7. The number of carbonyl (C=O) groups is 1. The van der Waals surface area contributed by atoms with Crippen LogP contribution < -0.4 is 12.3 Å². The first-order chi connectivity index (χ1) is 6.79. The van der Waals surface area contributed by atoms with Crippen molar-refractivity contribution in [2.45, 2.75) is 19.1 Å². The van der Waals surface area contributed by atoms with Crippen LogP contribution in [0.3, 0.4) is 0 Å². The van der Waals surface area contributed by atoms with Gasteiger partial charge in [0.1, 0.15) is 5.78 Å². The average molecular weight is 272 g/mol. The third kappa shape index (κ3) is 8.60. The molecule has 0 radical (unpaired) electrons. The van der Waals surface area contributed by atoms with Gasteiger partial charge in [-0.2, -0.15) is 0 Å². The summed E-state index contributed by atoms with van der Waals surface area (Å²) in [5.41, 5.74) is 8.05. The molecule has 12 heteroatoms. The van der Waals surface area contributed by atoms with Crippen LogP contribution in [0.5, 0.6) is 0 Å². The fraction of sp³-hybridized carbons (Fsp3) is 0.800. The summed E-state index contributed by atoms with van der Waals surface area (Å²) in [4.78, 5) is 30.3. The van der Waals surface area contributed by atoms with Gasteiger partial charge in [-0.25, -0.2) is 5.06 Å². The normalized spacial score (nSPS) is 11.3. The zero-order valence-corrected chi connectivity index (χ0v) is 10.2. The highest BCUT2D eigenvalue weighted by Crippen LogP contribution is 2.43. The molecular formula is C5H17N6O5P. The van der Waals surface area contributed by atoms with E-state index < -0.39 is 19.3 Å². The highest BCUT2D eigenvalue weighted by Gasteiger charge is 2.28. The summed E-state index contributed by atoms with van der Waals surface area (Å²) >= 11 is 0. The molecule has 0 aromatic rings. The van der Waals surface area contributed by atoms with E-state index in [1.165, 1.54) is 0 Å². The second-order valence-corrected chi connectivity index (χ2v) is 4.48. The van der Waals surface area contributed by atoms with E-state index in [-0.39, 0.29) is 30.3 Å². The van der Waals surface area contributed by atoms with E-state index in [2.05, 4.69) is 10.0 Å². The smallest absolute Gasteiger partial charge is 0.334 e. The molecule has 9 N–H and O–H groups in total. The lowest BCUT2D eigenvalue weighted by atomic mass is 10.4. The van der Waals surface area contributed by atoms with Gasteiger partial charge in [-0.15, -0.1) is 0 Å². The first kappa shape index (κ1) is 21.1. The van der Waals surface area contributed by atoms with Gasteiger partial charge in [0.15, 0.2) is 0 Å². The largest absolute Gasteiger partial charge is 0.344 e. The fourth-order valence-electron chi connectivity index (χ4n) is 0.748. The maximum Gasteiger partial charge on any atom is 0.334 e. The van der Waals surface area contributed by atoms with Gasteiger partial charge in [-0.3, -0.25) is 14.6 Å². The average Bonchev–Trinajstić information content (AvgIpc) is 2.09. The Morgan fingerprint density at radius 1 is 1.53 bits per heavy atom. The van der Waals surface area contributed by atoms with Crippen LogP contribution in [-0.2, 0) is 9.36 Å². The maximum atomic E-state index is 10.7. The van der Waals surface area contributed by atoms with E-state index in [4.69, 9.17) is 20.5 Å². The van der Waals surface area contributed by atoms with Crippen molar-refractivity contribution >= 4 is 13.5 Å². The van der Waals surface area contributed by atoms with Crippen LogP contribution in [0.2, 0.25) is 0 Å². The van der Waals surface area contributed by atoms with Gasteiger partial charge in [-0.05, 0) is 12.0 Å². The van der Waals surface area contributed by atoms with Crippen molar-refractivity contribution in [3.05, 3.63) is 10.4 Å². The molecule has 0 aromatic carbocycles. The summed E-state index contributed by atoms with van der Waals surface area (Å²) in [5.74, 6) is -2.24. The van der Waals surface area contributed by atoms with Crippen LogP contribution in [0.25, 0.3) is 10.4 Å². The highest BCUT2D eigenvalue weighted by molar-refractivity contribution is 7.52. The Bertz CT molecular complexity index is 325. The third-order valence-electron chi connectivity index (χ3n) is 1.54. The van der Waals surface area contributed by atoms with Crippen molar-refractivity contribution in [2.24, 2.45) is 5.11 Å². The molecule has 0 bridgehead atoms. The summed E-state index contributed by atoms with van der Waals surface area (Å²) in [6.07, 6.45) is -0.315. The summed E-state index contributed by atoms with van der Waals surface area (Å²) in [6.45, 7) is 0.768. The van der Waals surface area contributed by atoms with Crippen molar-refractivity contribution in [1.29, 1.82) is 0 Å². The van der Waals surface area contributed by atoms with Crippen LogP contribution >= 0.6 is 7.60 Å². The number of azide groups is 1. The predicted molar refractivity (Wildman–Crippen MR) is 58.8 cm³/mol. The SMILES string of the molecule is CC(=O)N(O)CCC(N=[N+]=[N-])P(=O)(O)O.N.N. The molecule has 102 valence electrons. The van der Waals surface area contributed by atoms with Crippen LogP contribution in [0.15, 0.2) is 5.11 Å². The number of hydroxylamine groups is 2. The molecule has 0 fully saturated rings. The molecule has 1 unspecified atom stereocenters. The Labute approximate surface area is 97.3 Å². The van der Waals surface area contributed by atoms with Crippen molar-refractivity contribution in [3.63, 3.8) is 0 Å². The first-order valence-corrected chi connectivity index (χ1v) is 5.53. The van der Waals surface area contributed by atoms with Gasteiger partial charge in [0.2, 0.25) is 5.91 Å². The molecular weight excluding hydrogens is 255 g/mol. The molecule has 1 amide bonds.